The summed E-state index contributed by atoms with van der Waals surface area (Å²) in [5, 5.41) is 19.7. The molecule has 0 spiro atoms. The molecule has 5 atom stereocenters. The number of aliphatic hydroxyl groups is 2. The minimum Gasteiger partial charge on any atom is -0.458 e. The number of carbonyl (C=O) groups is 2. The van der Waals surface area contributed by atoms with Crippen LogP contribution in [-0.2, 0) is 19.1 Å². The lowest BCUT2D eigenvalue weighted by atomic mass is 9.85. The number of carbonyl (C=O) groups excluding carboxylic acids is 2. The van der Waals surface area contributed by atoms with E-state index in [0.29, 0.717) is 12.8 Å². The molecule has 0 aromatic heterocycles. The van der Waals surface area contributed by atoms with Crippen LogP contribution in [-0.4, -0.2) is 46.6 Å². The fraction of sp³-hybridized carbons (Fsp3) is 0.500. The van der Waals surface area contributed by atoms with Crippen molar-refractivity contribution in [2.75, 3.05) is 0 Å². The molecule has 1 saturated heterocycles. The van der Waals surface area contributed by atoms with Gasteiger partial charge in [-0.25, -0.2) is 9.59 Å². The summed E-state index contributed by atoms with van der Waals surface area (Å²) in [6.07, 6.45) is 1.15. The zero-order valence-electron chi connectivity index (χ0n) is 15.4. The van der Waals surface area contributed by atoms with Gasteiger partial charge in [0.2, 0.25) is 0 Å². The maximum atomic E-state index is 12.3. The van der Waals surface area contributed by atoms with Crippen LogP contribution in [0.3, 0.4) is 0 Å². The Morgan fingerprint density at radius 1 is 1.31 bits per heavy atom. The van der Waals surface area contributed by atoms with Crippen molar-refractivity contribution in [3.8, 4) is 0 Å². The summed E-state index contributed by atoms with van der Waals surface area (Å²) in [5.41, 5.74) is 1.86. The van der Waals surface area contributed by atoms with Gasteiger partial charge in [0.05, 0.1) is 23.7 Å². The van der Waals surface area contributed by atoms with Crippen molar-refractivity contribution in [3.63, 3.8) is 0 Å². The number of hydrogen-bond acceptors (Lipinski definition) is 6. The van der Waals surface area contributed by atoms with E-state index < -0.39 is 42.3 Å². The minimum absolute atomic E-state index is 0.0668. The van der Waals surface area contributed by atoms with Gasteiger partial charge in [0, 0.05) is 12.0 Å². The molecule has 1 aliphatic carbocycles. The van der Waals surface area contributed by atoms with Crippen molar-refractivity contribution in [1.29, 1.82) is 0 Å². The second-order valence-corrected chi connectivity index (χ2v) is 7.07. The fourth-order valence-corrected chi connectivity index (χ4v) is 3.26. The van der Waals surface area contributed by atoms with Gasteiger partial charge in [0.25, 0.3) is 0 Å². The molecule has 1 heterocycles. The van der Waals surface area contributed by atoms with Crippen LogP contribution in [0.5, 0.6) is 0 Å². The number of hydrogen-bond donors (Lipinski definition) is 2. The van der Waals surface area contributed by atoms with Crippen molar-refractivity contribution < 1.29 is 29.3 Å². The highest BCUT2D eigenvalue weighted by Gasteiger charge is 2.44. The van der Waals surface area contributed by atoms with Crippen molar-refractivity contribution >= 4 is 11.9 Å². The number of fused-ring (bicyclic) bond motifs is 1. The van der Waals surface area contributed by atoms with Gasteiger partial charge in [-0.1, -0.05) is 30.4 Å². The molecule has 5 unspecified atom stereocenters. The zero-order chi connectivity index (χ0) is 19.6. The van der Waals surface area contributed by atoms with Crippen LogP contribution in [0, 0.1) is 5.92 Å². The van der Waals surface area contributed by atoms with Crippen LogP contribution in [0.2, 0.25) is 0 Å². The lowest BCUT2D eigenvalue weighted by molar-refractivity contribution is -0.148. The Bertz CT molecular complexity index is 684. The highest BCUT2D eigenvalue weighted by Crippen LogP contribution is 2.36. The first kappa shape index (κ1) is 20.1. The predicted octanol–water partition coefficient (Wildman–Crippen LogP) is 1.98. The van der Waals surface area contributed by atoms with Gasteiger partial charge >= 0.3 is 11.9 Å². The van der Waals surface area contributed by atoms with Gasteiger partial charge in [-0.2, -0.15) is 0 Å². The molecule has 0 aromatic rings. The van der Waals surface area contributed by atoms with Gasteiger partial charge < -0.3 is 19.7 Å². The van der Waals surface area contributed by atoms with Crippen molar-refractivity contribution in [2.24, 2.45) is 5.92 Å². The highest BCUT2D eigenvalue weighted by atomic mass is 16.6. The summed E-state index contributed by atoms with van der Waals surface area (Å²) in [4.78, 5) is 24.3. The van der Waals surface area contributed by atoms with E-state index in [0.717, 1.165) is 11.1 Å². The first-order valence-electron chi connectivity index (χ1n) is 8.60. The average molecular weight is 362 g/mol. The van der Waals surface area contributed by atoms with E-state index in [9.17, 15) is 19.8 Å². The van der Waals surface area contributed by atoms with E-state index >= 15 is 0 Å². The van der Waals surface area contributed by atoms with Gasteiger partial charge in [0.1, 0.15) is 12.2 Å². The maximum Gasteiger partial charge on any atom is 0.336 e. The van der Waals surface area contributed by atoms with E-state index in [1.54, 1.807) is 12.2 Å². The van der Waals surface area contributed by atoms with Crippen molar-refractivity contribution in [2.45, 2.75) is 58.0 Å². The lowest BCUT2D eigenvalue weighted by Gasteiger charge is -2.28. The normalized spacial score (nSPS) is 34.5. The first-order valence-corrected chi connectivity index (χ1v) is 8.60. The van der Waals surface area contributed by atoms with E-state index in [1.165, 1.54) is 6.92 Å². The van der Waals surface area contributed by atoms with E-state index in [2.05, 4.69) is 13.2 Å². The Hall–Kier alpha value is -2.18. The quantitative estimate of drug-likeness (QED) is 0.453. The third-order valence-electron chi connectivity index (χ3n) is 4.67. The molecule has 142 valence electrons. The molecule has 0 saturated carbocycles. The standard InChI is InChI=1S/C20H26O6/c1-10-6-15(22)7-11(2)9-17-18(13(4)20(24)26-17)16(8-10)25-19(23)12(3)14(5)21/h6,9,14-18,21-22H,3-4,7-8H2,1-2,5H3/b10-6+,11-9+. The minimum atomic E-state index is -1.04. The van der Waals surface area contributed by atoms with Crippen molar-refractivity contribution in [1.82, 2.24) is 0 Å². The Kier molecular flexibility index (Phi) is 6.21. The molecule has 2 N–H and O–H groups in total. The van der Waals surface area contributed by atoms with E-state index in [-0.39, 0.29) is 11.1 Å². The van der Waals surface area contributed by atoms with Crippen LogP contribution < -0.4 is 0 Å². The van der Waals surface area contributed by atoms with Crippen molar-refractivity contribution in [3.05, 3.63) is 47.6 Å². The SMILES string of the molecule is C=C(C(=O)OC1C/C(C)=C/C(O)C/C(C)=C/C2OC(=O)C(=C)C21)C(C)O. The molecule has 26 heavy (non-hydrogen) atoms. The van der Waals surface area contributed by atoms with Gasteiger partial charge in [0.15, 0.2) is 0 Å². The molecule has 1 aliphatic heterocycles. The second-order valence-electron chi connectivity index (χ2n) is 7.07. The molecular weight excluding hydrogens is 336 g/mol. The van der Waals surface area contributed by atoms with Crippen LogP contribution >= 0.6 is 0 Å². The summed E-state index contributed by atoms with van der Waals surface area (Å²) in [5.74, 6) is -1.80. The highest BCUT2D eigenvalue weighted by molar-refractivity contribution is 5.92. The summed E-state index contributed by atoms with van der Waals surface area (Å²) >= 11 is 0. The molecule has 1 fully saturated rings. The van der Waals surface area contributed by atoms with E-state index in [4.69, 9.17) is 9.47 Å². The Morgan fingerprint density at radius 2 is 1.92 bits per heavy atom. The molecule has 0 amide bonds. The molecule has 2 rings (SSSR count). The van der Waals surface area contributed by atoms with Crippen LogP contribution in [0.4, 0.5) is 0 Å². The molecule has 2 aliphatic rings. The van der Waals surface area contributed by atoms with Gasteiger partial charge in [-0.05, 0) is 33.3 Å². The summed E-state index contributed by atoms with van der Waals surface area (Å²) < 4.78 is 11.0. The predicted molar refractivity (Wildman–Crippen MR) is 96.0 cm³/mol. The number of aliphatic hydroxyl groups excluding tert-OH is 2. The van der Waals surface area contributed by atoms with Crippen LogP contribution in [0.15, 0.2) is 47.6 Å². The molecule has 0 radical (unpaired) electrons. The molecule has 0 aromatic carbocycles. The summed E-state index contributed by atoms with van der Waals surface area (Å²) in [6, 6.07) is 0. The summed E-state index contributed by atoms with van der Waals surface area (Å²) in [6.45, 7) is 12.5. The second kappa shape index (κ2) is 8.01. The van der Waals surface area contributed by atoms with Crippen LogP contribution in [0.1, 0.15) is 33.6 Å². The molecule has 6 nitrogen and oxygen atoms in total. The third-order valence-corrected chi connectivity index (χ3v) is 4.67. The lowest BCUT2D eigenvalue weighted by Crippen LogP contribution is -2.34. The molecule has 6 heteroatoms. The maximum absolute atomic E-state index is 12.3. The van der Waals surface area contributed by atoms with E-state index in [1.807, 2.05) is 13.8 Å². The fourth-order valence-electron chi connectivity index (χ4n) is 3.26. The number of esters is 2. The molecule has 0 bridgehead atoms. The third kappa shape index (κ3) is 4.51. The summed E-state index contributed by atoms with van der Waals surface area (Å²) in [7, 11) is 0. The largest absolute Gasteiger partial charge is 0.458 e. The zero-order valence-corrected chi connectivity index (χ0v) is 15.4. The van der Waals surface area contributed by atoms with Crippen LogP contribution in [0.25, 0.3) is 0 Å². The Balaban J connectivity index is 2.40. The first-order chi connectivity index (χ1) is 12.1. The smallest absolute Gasteiger partial charge is 0.336 e. The average Bonchev–Trinajstić information content (AvgIpc) is 2.78. The number of rotatable bonds is 3. The Morgan fingerprint density at radius 3 is 2.54 bits per heavy atom. The number of ether oxygens (including phenoxy) is 2. The topological polar surface area (TPSA) is 93.1 Å². The van der Waals surface area contributed by atoms with Gasteiger partial charge in [-0.15, -0.1) is 0 Å². The van der Waals surface area contributed by atoms with Gasteiger partial charge in [-0.3, -0.25) is 0 Å². The molecular formula is C20H26O6. The monoisotopic (exact) mass is 362 g/mol. The Labute approximate surface area is 153 Å².